The molecule has 1 rings (SSSR count). The lowest BCUT2D eigenvalue weighted by Crippen LogP contribution is -2.44. The van der Waals surface area contributed by atoms with Gasteiger partial charge in [-0.05, 0) is 33.6 Å². The summed E-state index contributed by atoms with van der Waals surface area (Å²) in [5.41, 5.74) is -0.544. The molecule has 1 N–H and O–H groups in total. The Morgan fingerprint density at radius 1 is 1.28 bits per heavy atom. The highest BCUT2D eigenvalue weighted by Gasteiger charge is 2.30. The average Bonchev–Trinajstić information content (AvgIpc) is 2.39. The third kappa shape index (κ3) is 4.94. The summed E-state index contributed by atoms with van der Waals surface area (Å²) in [6.45, 7) is 6.03. The van der Waals surface area contributed by atoms with E-state index in [4.69, 9.17) is 9.84 Å². The maximum atomic E-state index is 12.1. The number of carbonyl (C=O) groups excluding carboxylic acids is 1. The second-order valence-corrected chi connectivity index (χ2v) is 5.77. The highest BCUT2D eigenvalue weighted by Crippen LogP contribution is 2.22. The van der Waals surface area contributed by atoms with Crippen LogP contribution in [0.25, 0.3) is 0 Å². The molecule has 1 aliphatic heterocycles. The first-order valence-corrected chi connectivity index (χ1v) is 6.51. The molecule has 1 fully saturated rings. The molecule has 104 valence electrons. The summed E-state index contributed by atoms with van der Waals surface area (Å²) in [4.78, 5) is 24.5. The van der Waals surface area contributed by atoms with Crippen molar-refractivity contribution in [2.75, 3.05) is 6.54 Å². The minimum Gasteiger partial charge on any atom is -0.481 e. The number of hydrogen-bond donors (Lipinski definition) is 1. The fourth-order valence-corrected chi connectivity index (χ4v) is 2.15. The molecule has 1 unspecified atom stereocenters. The number of carbonyl (C=O) groups is 2. The lowest BCUT2D eigenvalue weighted by molar-refractivity contribution is -0.138. The Hall–Kier alpha value is -1.26. The Morgan fingerprint density at radius 3 is 2.50 bits per heavy atom. The van der Waals surface area contributed by atoms with Crippen LogP contribution in [0.4, 0.5) is 4.79 Å². The molecule has 0 aromatic carbocycles. The van der Waals surface area contributed by atoms with Crippen molar-refractivity contribution in [2.45, 2.75) is 64.5 Å². The van der Waals surface area contributed by atoms with E-state index in [0.29, 0.717) is 6.54 Å². The molecule has 1 heterocycles. The van der Waals surface area contributed by atoms with Gasteiger partial charge in [0.05, 0.1) is 6.42 Å². The number of carboxylic acid groups (broad SMARTS) is 1. The van der Waals surface area contributed by atoms with E-state index >= 15 is 0 Å². The molecule has 0 radical (unpaired) electrons. The molecule has 0 aromatic heterocycles. The average molecular weight is 257 g/mol. The summed E-state index contributed by atoms with van der Waals surface area (Å²) < 4.78 is 5.34. The molecule has 1 amide bonds. The van der Waals surface area contributed by atoms with Gasteiger partial charge in [-0.3, -0.25) is 4.79 Å². The highest BCUT2D eigenvalue weighted by atomic mass is 16.6. The van der Waals surface area contributed by atoms with Crippen molar-refractivity contribution in [2.24, 2.45) is 0 Å². The molecule has 18 heavy (non-hydrogen) atoms. The summed E-state index contributed by atoms with van der Waals surface area (Å²) in [6.07, 6.45) is 3.27. The number of ether oxygens (including phenoxy) is 1. The number of rotatable bonds is 2. The van der Waals surface area contributed by atoms with E-state index < -0.39 is 17.7 Å². The van der Waals surface area contributed by atoms with E-state index in [9.17, 15) is 9.59 Å². The summed E-state index contributed by atoms with van der Waals surface area (Å²) in [5.74, 6) is -0.865. The summed E-state index contributed by atoms with van der Waals surface area (Å²) >= 11 is 0. The first kappa shape index (κ1) is 14.8. The molecule has 0 spiro atoms. The second kappa shape index (κ2) is 6.07. The quantitative estimate of drug-likeness (QED) is 0.825. The largest absolute Gasteiger partial charge is 0.481 e. The fourth-order valence-electron chi connectivity index (χ4n) is 2.15. The van der Waals surface area contributed by atoms with Gasteiger partial charge in [0, 0.05) is 12.6 Å². The Morgan fingerprint density at radius 2 is 1.94 bits per heavy atom. The van der Waals surface area contributed by atoms with E-state index in [1.54, 1.807) is 4.90 Å². The van der Waals surface area contributed by atoms with E-state index in [1.165, 1.54) is 0 Å². The smallest absolute Gasteiger partial charge is 0.410 e. The van der Waals surface area contributed by atoms with Crippen LogP contribution in [0.3, 0.4) is 0 Å². The third-order valence-electron chi connectivity index (χ3n) is 2.92. The van der Waals surface area contributed by atoms with Crippen molar-refractivity contribution in [1.29, 1.82) is 0 Å². The molecule has 1 aliphatic rings. The van der Waals surface area contributed by atoms with Crippen molar-refractivity contribution in [1.82, 2.24) is 4.90 Å². The number of aliphatic carboxylic acids is 1. The van der Waals surface area contributed by atoms with Gasteiger partial charge in [-0.1, -0.05) is 12.8 Å². The van der Waals surface area contributed by atoms with Gasteiger partial charge in [0.25, 0.3) is 0 Å². The summed E-state index contributed by atoms with van der Waals surface area (Å²) in [7, 11) is 0. The maximum Gasteiger partial charge on any atom is 0.410 e. The monoisotopic (exact) mass is 257 g/mol. The maximum absolute atomic E-state index is 12.1. The zero-order valence-electron chi connectivity index (χ0n) is 11.4. The number of amides is 1. The Balaban J connectivity index is 2.72. The Kier molecular flexibility index (Phi) is 4.99. The van der Waals surface area contributed by atoms with Crippen LogP contribution < -0.4 is 0 Å². The van der Waals surface area contributed by atoms with Crippen LogP contribution in [0.15, 0.2) is 0 Å². The molecule has 0 saturated carbocycles. The number of carboxylic acids is 1. The molecule has 1 atom stereocenters. The van der Waals surface area contributed by atoms with Crippen LogP contribution in [0.5, 0.6) is 0 Å². The number of likely N-dealkylation sites (tertiary alicyclic amines) is 1. The van der Waals surface area contributed by atoms with Crippen LogP contribution in [-0.2, 0) is 9.53 Å². The van der Waals surface area contributed by atoms with Gasteiger partial charge in [-0.2, -0.15) is 0 Å². The molecule has 0 bridgehead atoms. The minimum absolute atomic E-state index is 0.000751. The summed E-state index contributed by atoms with van der Waals surface area (Å²) in [5, 5.41) is 8.91. The van der Waals surface area contributed by atoms with Crippen LogP contribution >= 0.6 is 0 Å². The van der Waals surface area contributed by atoms with Crippen LogP contribution in [-0.4, -0.2) is 40.3 Å². The normalized spacial score (nSPS) is 21.3. The number of hydrogen-bond acceptors (Lipinski definition) is 3. The zero-order valence-corrected chi connectivity index (χ0v) is 11.4. The Bertz CT molecular complexity index is 309. The van der Waals surface area contributed by atoms with Gasteiger partial charge >= 0.3 is 12.1 Å². The molecular weight excluding hydrogens is 234 g/mol. The van der Waals surface area contributed by atoms with E-state index in [1.807, 2.05) is 20.8 Å². The lowest BCUT2D eigenvalue weighted by atomic mass is 10.1. The van der Waals surface area contributed by atoms with Crippen LogP contribution in [0, 0.1) is 0 Å². The Labute approximate surface area is 108 Å². The van der Waals surface area contributed by atoms with Gasteiger partial charge in [0.2, 0.25) is 0 Å². The molecule has 1 saturated heterocycles. The van der Waals surface area contributed by atoms with E-state index in [-0.39, 0.29) is 12.5 Å². The van der Waals surface area contributed by atoms with Crippen molar-refractivity contribution in [3.63, 3.8) is 0 Å². The van der Waals surface area contributed by atoms with E-state index in [2.05, 4.69) is 0 Å². The molecule has 5 nitrogen and oxygen atoms in total. The predicted octanol–water partition coefficient (Wildman–Crippen LogP) is 2.64. The number of nitrogens with zero attached hydrogens (tertiary/aromatic N) is 1. The predicted molar refractivity (Wildman–Crippen MR) is 67.4 cm³/mol. The van der Waals surface area contributed by atoms with Crippen LogP contribution in [0.1, 0.15) is 52.9 Å². The zero-order chi connectivity index (χ0) is 13.8. The van der Waals surface area contributed by atoms with Gasteiger partial charge in [0.1, 0.15) is 5.60 Å². The fraction of sp³-hybridized carbons (Fsp3) is 0.846. The molecule has 0 aromatic rings. The molecule has 0 aliphatic carbocycles. The molecule has 5 heteroatoms. The summed E-state index contributed by atoms with van der Waals surface area (Å²) in [6, 6.07) is -0.236. The van der Waals surface area contributed by atoms with Crippen molar-refractivity contribution in [3.8, 4) is 0 Å². The minimum atomic E-state index is -0.865. The first-order chi connectivity index (χ1) is 8.29. The van der Waals surface area contributed by atoms with E-state index in [0.717, 1.165) is 25.7 Å². The van der Waals surface area contributed by atoms with Gasteiger partial charge in [-0.25, -0.2) is 4.79 Å². The van der Waals surface area contributed by atoms with Crippen molar-refractivity contribution < 1.29 is 19.4 Å². The topological polar surface area (TPSA) is 66.8 Å². The first-order valence-electron chi connectivity index (χ1n) is 6.51. The van der Waals surface area contributed by atoms with Gasteiger partial charge in [0.15, 0.2) is 0 Å². The standard InChI is InChI=1S/C13H23NO4/c1-13(2,3)18-12(17)14-8-6-4-5-7-10(14)9-11(15)16/h10H,4-9H2,1-3H3,(H,15,16). The highest BCUT2D eigenvalue weighted by molar-refractivity contribution is 5.71. The second-order valence-electron chi connectivity index (χ2n) is 5.77. The van der Waals surface area contributed by atoms with Gasteiger partial charge in [-0.15, -0.1) is 0 Å². The molecular formula is C13H23NO4. The third-order valence-corrected chi connectivity index (χ3v) is 2.92. The van der Waals surface area contributed by atoms with Crippen molar-refractivity contribution in [3.05, 3.63) is 0 Å². The van der Waals surface area contributed by atoms with Crippen molar-refractivity contribution >= 4 is 12.1 Å². The van der Waals surface area contributed by atoms with Gasteiger partial charge < -0.3 is 14.7 Å². The SMILES string of the molecule is CC(C)(C)OC(=O)N1CCCCCC1CC(=O)O. The lowest BCUT2D eigenvalue weighted by Gasteiger charge is -2.31. The van der Waals surface area contributed by atoms with Crippen LogP contribution in [0.2, 0.25) is 0 Å².